The average molecular weight is 303 g/mol. The Morgan fingerprint density at radius 1 is 1.05 bits per heavy atom. The molecule has 3 rings (SSSR count). The van der Waals surface area contributed by atoms with Crippen LogP contribution in [0, 0.1) is 0 Å². The monoisotopic (exact) mass is 303 g/mol. The number of H-pyrrole nitrogens is 1. The molecule has 0 aliphatic carbocycles. The molecule has 5 nitrogen and oxygen atoms in total. The van der Waals surface area contributed by atoms with Gasteiger partial charge in [-0.2, -0.15) is 0 Å². The lowest BCUT2D eigenvalue weighted by atomic mass is 10.1. The zero-order valence-corrected chi connectivity index (χ0v) is 13.7. The Morgan fingerprint density at radius 2 is 1.73 bits per heavy atom. The van der Waals surface area contributed by atoms with Gasteiger partial charge in [0.1, 0.15) is 0 Å². The molecular weight excluding hydrogens is 278 g/mol. The normalized spacial score (nSPS) is 17.0. The van der Waals surface area contributed by atoms with E-state index in [9.17, 15) is 0 Å². The predicted molar refractivity (Wildman–Crippen MR) is 89.0 cm³/mol. The number of methoxy groups -OCH3 is 2. The molecule has 1 aliphatic rings. The van der Waals surface area contributed by atoms with Crippen molar-refractivity contribution in [1.82, 2.24) is 14.8 Å². The number of nitrogens with zero attached hydrogens (tertiary/aromatic N) is 2. The van der Waals surface area contributed by atoms with Gasteiger partial charge in [0, 0.05) is 55.9 Å². The first-order valence-electron chi connectivity index (χ1n) is 7.84. The zero-order chi connectivity index (χ0) is 15.5. The van der Waals surface area contributed by atoms with E-state index >= 15 is 0 Å². The molecule has 2 aromatic rings. The Balaban J connectivity index is 1.74. The van der Waals surface area contributed by atoms with Crippen LogP contribution in [0.1, 0.15) is 5.56 Å². The largest absolute Gasteiger partial charge is 0.493 e. The van der Waals surface area contributed by atoms with E-state index in [0.717, 1.165) is 43.1 Å². The lowest BCUT2D eigenvalue weighted by Crippen LogP contribution is -2.45. The van der Waals surface area contributed by atoms with Crippen molar-refractivity contribution < 1.29 is 9.47 Å². The molecule has 0 amide bonds. The summed E-state index contributed by atoms with van der Waals surface area (Å²) in [6.07, 6.45) is 3.17. The van der Waals surface area contributed by atoms with Gasteiger partial charge in [0.25, 0.3) is 0 Å². The highest BCUT2D eigenvalue weighted by Gasteiger charge is 2.15. The molecule has 22 heavy (non-hydrogen) atoms. The number of likely N-dealkylation sites (N-methyl/N-ethyl adjacent to an activating group) is 1. The van der Waals surface area contributed by atoms with E-state index in [1.165, 1.54) is 24.0 Å². The molecule has 0 unspecified atom stereocenters. The molecule has 120 valence electrons. The number of ether oxygens (including phenoxy) is 2. The van der Waals surface area contributed by atoms with Crippen molar-refractivity contribution in [2.75, 3.05) is 54.0 Å². The van der Waals surface area contributed by atoms with Crippen molar-refractivity contribution in [2.45, 2.75) is 6.42 Å². The fourth-order valence-electron chi connectivity index (χ4n) is 3.06. The molecule has 1 saturated heterocycles. The van der Waals surface area contributed by atoms with Crippen LogP contribution >= 0.6 is 0 Å². The summed E-state index contributed by atoms with van der Waals surface area (Å²) in [7, 11) is 5.54. The van der Waals surface area contributed by atoms with Crippen LogP contribution < -0.4 is 9.47 Å². The molecule has 2 heterocycles. The first kappa shape index (κ1) is 15.2. The number of rotatable bonds is 5. The summed E-state index contributed by atoms with van der Waals surface area (Å²) in [4.78, 5) is 8.28. The molecular formula is C17H25N3O2. The van der Waals surface area contributed by atoms with Gasteiger partial charge in [-0.25, -0.2) is 0 Å². The lowest BCUT2D eigenvalue weighted by molar-refractivity contribution is 0.155. The summed E-state index contributed by atoms with van der Waals surface area (Å²) in [6.45, 7) is 5.76. The molecule has 0 saturated carbocycles. The standard InChI is InChI=1S/C17H25N3O2/c1-19-6-8-20(9-7-19)5-4-13-12-18-15-11-17(22-3)16(21-2)10-14(13)15/h10-12,18H,4-9H2,1-3H3. The van der Waals surface area contributed by atoms with Crippen molar-refractivity contribution >= 4 is 10.9 Å². The molecule has 1 aromatic heterocycles. The van der Waals surface area contributed by atoms with E-state index in [-0.39, 0.29) is 0 Å². The molecule has 5 heteroatoms. The third-order valence-corrected chi connectivity index (χ3v) is 4.56. The summed E-state index contributed by atoms with van der Waals surface area (Å²) in [5, 5.41) is 1.23. The van der Waals surface area contributed by atoms with Crippen LogP contribution in [-0.4, -0.2) is 68.8 Å². The van der Waals surface area contributed by atoms with Crippen molar-refractivity contribution in [3.05, 3.63) is 23.9 Å². The van der Waals surface area contributed by atoms with E-state index in [0.29, 0.717) is 0 Å². The van der Waals surface area contributed by atoms with Gasteiger partial charge in [-0.15, -0.1) is 0 Å². The Morgan fingerprint density at radius 3 is 2.41 bits per heavy atom. The lowest BCUT2D eigenvalue weighted by Gasteiger charge is -2.32. The summed E-state index contributed by atoms with van der Waals surface area (Å²) >= 11 is 0. The van der Waals surface area contributed by atoms with Gasteiger partial charge >= 0.3 is 0 Å². The molecule has 0 atom stereocenters. The van der Waals surface area contributed by atoms with Gasteiger partial charge in [-0.3, -0.25) is 0 Å². The van der Waals surface area contributed by atoms with E-state index in [1.54, 1.807) is 14.2 Å². The topological polar surface area (TPSA) is 40.7 Å². The average Bonchev–Trinajstić information content (AvgIpc) is 2.95. The van der Waals surface area contributed by atoms with Gasteiger partial charge in [-0.1, -0.05) is 0 Å². The second-order valence-corrected chi connectivity index (χ2v) is 5.96. The third-order valence-electron chi connectivity index (χ3n) is 4.56. The maximum atomic E-state index is 5.42. The second-order valence-electron chi connectivity index (χ2n) is 5.96. The first-order valence-corrected chi connectivity index (χ1v) is 7.84. The van der Waals surface area contributed by atoms with Gasteiger partial charge < -0.3 is 24.3 Å². The van der Waals surface area contributed by atoms with Gasteiger partial charge in [0.15, 0.2) is 11.5 Å². The first-order chi connectivity index (χ1) is 10.7. The van der Waals surface area contributed by atoms with Crippen molar-refractivity contribution in [2.24, 2.45) is 0 Å². The van der Waals surface area contributed by atoms with E-state index < -0.39 is 0 Å². The smallest absolute Gasteiger partial charge is 0.162 e. The number of fused-ring (bicyclic) bond motifs is 1. The number of aromatic amines is 1. The van der Waals surface area contributed by atoms with Gasteiger partial charge in [-0.05, 0) is 25.1 Å². The van der Waals surface area contributed by atoms with Crippen LogP contribution in [0.15, 0.2) is 18.3 Å². The number of benzene rings is 1. The summed E-state index contributed by atoms with van der Waals surface area (Å²) in [5.41, 5.74) is 2.45. The van der Waals surface area contributed by atoms with Crippen molar-refractivity contribution in [1.29, 1.82) is 0 Å². The molecule has 0 radical (unpaired) electrons. The number of aromatic nitrogens is 1. The Kier molecular flexibility index (Phi) is 4.55. The fourth-order valence-corrected chi connectivity index (χ4v) is 3.06. The van der Waals surface area contributed by atoms with Crippen LogP contribution in [-0.2, 0) is 6.42 Å². The highest BCUT2D eigenvalue weighted by Crippen LogP contribution is 2.33. The number of hydrogen-bond acceptors (Lipinski definition) is 4. The van der Waals surface area contributed by atoms with Crippen LogP contribution in [0.5, 0.6) is 11.5 Å². The number of hydrogen-bond donors (Lipinski definition) is 1. The Labute approximate surface area is 131 Å². The summed E-state index contributed by atoms with van der Waals surface area (Å²) < 4.78 is 10.8. The quantitative estimate of drug-likeness (QED) is 0.917. The Bertz CT molecular complexity index is 630. The van der Waals surface area contributed by atoms with Crippen LogP contribution in [0.25, 0.3) is 10.9 Å². The third kappa shape index (κ3) is 3.05. The molecule has 1 fully saturated rings. The summed E-state index contributed by atoms with van der Waals surface area (Å²) in [6, 6.07) is 4.08. The minimum Gasteiger partial charge on any atom is -0.493 e. The highest BCUT2D eigenvalue weighted by molar-refractivity contribution is 5.86. The maximum Gasteiger partial charge on any atom is 0.162 e. The van der Waals surface area contributed by atoms with E-state index in [2.05, 4.69) is 34.1 Å². The Hall–Kier alpha value is -1.72. The van der Waals surface area contributed by atoms with E-state index in [4.69, 9.17) is 9.47 Å². The number of piperazine rings is 1. The minimum absolute atomic E-state index is 0.766. The molecule has 0 spiro atoms. The van der Waals surface area contributed by atoms with Crippen molar-refractivity contribution in [3.8, 4) is 11.5 Å². The SMILES string of the molecule is COc1cc2[nH]cc(CCN3CCN(C)CC3)c2cc1OC. The fraction of sp³-hybridized carbons (Fsp3) is 0.529. The molecule has 1 aliphatic heterocycles. The molecule has 1 aromatic carbocycles. The molecule has 1 N–H and O–H groups in total. The number of nitrogens with one attached hydrogen (secondary N) is 1. The van der Waals surface area contributed by atoms with Crippen LogP contribution in [0.2, 0.25) is 0 Å². The van der Waals surface area contributed by atoms with Crippen LogP contribution in [0.4, 0.5) is 0 Å². The van der Waals surface area contributed by atoms with Crippen molar-refractivity contribution in [3.63, 3.8) is 0 Å². The van der Waals surface area contributed by atoms with E-state index in [1.807, 2.05) is 6.07 Å². The van der Waals surface area contributed by atoms with Gasteiger partial charge in [0.05, 0.1) is 14.2 Å². The zero-order valence-electron chi connectivity index (χ0n) is 13.7. The second kappa shape index (κ2) is 6.58. The highest BCUT2D eigenvalue weighted by atomic mass is 16.5. The minimum atomic E-state index is 0.766. The molecule has 0 bridgehead atoms. The van der Waals surface area contributed by atoms with Crippen LogP contribution in [0.3, 0.4) is 0 Å². The summed E-state index contributed by atoms with van der Waals surface area (Å²) in [5.74, 6) is 1.55. The predicted octanol–water partition coefficient (Wildman–Crippen LogP) is 1.97. The van der Waals surface area contributed by atoms with Gasteiger partial charge in [0.2, 0.25) is 0 Å². The maximum absolute atomic E-state index is 5.42.